The summed E-state index contributed by atoms with van der Waals surface area (Å²) < 4.78 is 5.30. The summed E-state index contributed by atoms with van der Waals surface area (Å²) in [6.45, 7) is 8.77. The van der Waals surface area contributed by atoms with Crippen molar-refractivity contribution in [3.8, 4) is 0 Å². The smallest absolute Gasteiger partial charge is 0.252 e. The number of aryl methyl sites for hydroxylation is 2. The molecule has 0 fully saturated rings. The number of hydrogen-bond donors (Lipinski definition) is 1. The molecule has 0 saturated heterocycles. The van der Waals surface area contributed by atoms with Gasteiger partial charge < -0.3 is 9.84 Å². The molecule has 1 amide bonds. The van der Waals surface area contributed by atoms with Crippen LogP contribution in [0.4, 0.5) is 0 Å². The first-order chi connectivity index (χ1) is 13.5. The van der Waals surface area contributed by atoms with E-state index >= 15 is 0 Å². The summed E-state index contributed by atoms with van der Waals surface area (Å²) in [5.74, 6) is 0.983. The van der Waals surface area contributed by atoms with Crippen LogP contribution in [0.3, 0.4) is 0 Å². The van der Waals surface area contributed by atoms with Gasteiger partial charge in [0.15, 0.2) is 0 Å². The van der Waals surface area contributed by atoms with Gasteiger partial charge in [-0.2, -0.15) is 0 Å². The minimum absolute atomic E-state index is 0.0793. The second-order valence-electron chi connectivity index (χ2n) is 8.03. The summed E-state index contributed by atoms with van der Waals surface area (Å²) >= 11 is 1.71. The number of fused-ring (bicyclic) bond motifs is 1. The average Bonchev–Trinajstić information content (AvgIpc) is 3.26. The van der Waals surface area contributed by atoms with Crippen LogP contribution in [0.5, 0.6) is 0 Å². The van der Waals surface area contributed by atoms with Crippen LogP contribution in [0.1, 0.15) is 70.4 Å². The number of aromatic nitrogens is 1. The molecule has 0 saturated carbocycles. The minimum Gasteiger partial charge on any atom is -0.361 e. The molecule has 1 aliphatic carbocycles. The van der Waals surface area contributed by atoms with Crippen LogP contribution in [0.25, 0.3) is 0 Å². The van der Waals surface area contributed by atoms with E-state index < -0.39 is 0 Å². The Balaban J connectivity index is 1.42. The second kappa shape index (κ2) is 8.21. The monoisotopic (exact) mass is 399 g/mol. The lowest BCUT2D eigenvalue weighted by molar-refractivity contribution is 0.0943. The van der Waals surface area contributed by atoms with E-state index in [9.17, 15) is 4.79 Å². The summed E-state index contributed by atoms with van der Waals surface area (Å²) in [4.78, 5) is 16.6. The molecule has 2 aliphatic rings. The maximum atomic E-state index is 12.9. The summed E-state index contributed by atoms with van der Waals surface area (Å²) in [5, 5.41) is 9.34. The van der Waals surface area contributed by atoms with Crippen molar-refractivity contribution < 1.29 is 9.32 Å². The SMILES string of the molecule is Cc1noc(C)c1CN1CCc2c(C(=O)N[C@@H](C)C3=CCCCC3)csc2C1. The number of carbonyl (C=O) groups excluding carboxylic acids is 1. The van der Waals surface area contributed by atoms with Gasteiger partial charge in [0.05, 0.1) is 11.3 Å². The van der Waals surface area contributed by atoms with E-state index in [1.165, 1.54) is 34.4 Å². The predicted molar refractivity (Wildman–Crippen MR) is 112 cm³/mol. The van der Waals surface area contributed by atoms with Crippen molar-refractivity contribution in [2.45, 2.75) is 72.0 Å². The molecular weight excluding hydrogens is 370 g/mol. The molecule has 0 aromatic carbocycles. The molecule has 0 spiro atoms. The third-order valence-electron chi connectivity index (χ3n) is 6.06. The number of nitrogens with zero attached hydrogens (tertiary/aromatic N) is 2. The largest absolute Gasteiger partial charge is 0.361 e. The van der Waals surface area contributed by atoms with E-state index in [1.807, 2.05) is 19.2 Å². The molecule has 1 aliphatic heterocycles. The molecule has 4 rings (SSSR count). The Kier molecular flexibility index (Phi) is 5.69. The molecule has 1 N–H and O–H groups in total. The zero-order valence-electron chi connectivity index (χ0n) is 17.0. The Bertz CT molecular complexity index is 876. The lowest BCUT2D eigenvalue weighted by atomic mass is 9.94. The number of nitrogens with one attached hydrogen (secondary N) is 1. The highest BCUT2D eigenvalue weighted by Gasteiger charge is 2.26. The van der Waals surface area contributed by atoms with Gasteiger partial charge in [-0.05, 0) is 58.4 Å². The van der Waals surface area contributed by atoms with Crippen molar-refractivity contribution in [3.63, 3.8) is 0 Å². The second-order valence-corrected chi connectivity index (χ2v) is 9.00. The van der Waals surface area contributed by atoms with Gasteiger partial charge in [-0.15, -0.1) is 11.3 Å². The van der Waals surface area contributed by atoms with E-state index in [2.05, 4.69) is 28.4 Å². The molecule has 150 valence electrons. The number of allylic oxidation sites excluding steroid dienone is 1. The normalized spacial score (nSPS) is 18.5. The predicted octanol–water partition coefficient (Wildman–Crippen LogP) is 4.53. The number of carbonyl (C=O) groups is 1. The molecule has 0 unspecified atom stereocenters. The first kappa shape index (κ1) is 19.4. The third-order valence-corrected chi connectivity index (χ3v) is 7.08. The Morgan fingerprint density at radius 1 is 1.36 bits per heavy atom. The van der Waals surface area contributed by atoms with E-state index in [0.717, 1.165) is 55.9 Å². The third kappa shape index (κ3) is 3.94. The van der Waals surface area contributed by atoms with E-state index in [-0.39, 0.29) is 11.9 Å². The van der Waals surface area contributed by atoms with Crippen LogP contribution in [0, 0.1) is 13.8 Å². The summed E-state index contributed by atoms with van der Waals surface area (Å²) in [6.07, 6.45) is 7.99. The highest BCUT2D eigenvalue weighted by atomic mass is 32.1. The molecule has 6 heteroatoms. The van der Waals surface area contributed by atoms with Crippen LogP contribution in [-0.2, 0) is 19.5 Å². The highest BCUT2D eigenvalue weighted by Crippen LogP contribution is 2.30. The van der Waals surface area contributed by atoms with E-state index in [0.29, 0.717) is 0 Å². The van der Waals surface area contributed by atoms with Crippen molar-refractivity contribution >= 4 is 17.2 Å². The molecule has 2 aromatic rings. The molecule has 28 heavy (non-hydrogen) atoms. The van der Waals surface area contributed by atoms with Gasteiger partial charge in [0.2, 0.25) is 0 Å². The van der Waals surface area contributed by atoms with E-state index in [4.69, 9.17) is 4.52 Å². The fourth-order valence-corrected chi connectivity index (χ4v) is 5.40. The molecule has 0 bridgehead atoms. The maximum absolute atomic E-state index is 12.9. The average molecular weight is 400 g/mol. The van der Waals surface area contributed by atoms with Gasteiger partial charge in [0, 0.05) is 41.5 Å². The number of rotatable bonds is 5. The molecule has 1 atom stereocenters. The van der Waals surface area contributed by atoms with Gasteiger partial charge in [-0.25, -0.2) is 0 Å². The minimum atomic E-state index is 0.0793. The highest BCUT2D eigenvalue weighted by molar-refractivity contribution is 7.10. The lowest BCUT2D eigenvalue weighted by Crippen LogP contribution is -2.35. The first-order valence-corrected chi connectivity index (χ1v) is 11.1. The van der Waals surface area contributed by atoms with Gasteiger partial charge in [-0.3, -0.25) is 9.69 Å². The van der Waals surface area contributed by atoms with Crippen LogP contribution in [-0.4, -0.2) is 28.6 Å². The van der Waals surface area contributed by atoms with Crippen molar-refractivity contribution in [2.75, 3.05) is 6.54 Å². The van der Waals surface area contributed by atoms with Gasteiger partial charge >= 0.3 is 0 Å². The Morgan fingerprint density at radius 3 is 2.93 bits per heavy atom. The fraction of sp³-hybridized carbons (Fsp3) is 0.545. The molecule has 5 nitrogen and oxygen atoms in total. The molecule has 0 radical (unpaired) electrons. The Morgan fingerprint density at radius 2 is 2.21 bits per heavy atom. The van der Waals surface area contributed by atoms with Gasteiger partial charge in [-0.1, -0.05) is 16.8 Å². The number of amides is 1. The summed E-state index contributed by atoms with van der Waals surface area (Å²) in [7, 11) is 0. The summed E-state index contributed by atoms with van der Waals surface area (Å²) in [6, 6.07) is 0.128. The van der Waals surface area contributed by atoms with Crippen LogP contribution >= 0.6 is 11.3 Å². The fourth-order valence-electron chi connectivity index (χ4n) is 4.28. The lowest BCUT2D eigenvalue weighted by Gasteiger charge is -2.27. The summed E-state index contributed by atoms with van der Waals surface area (Å²) in [5.41, 5.74) is 5.66. The topological polar surface area (TPSA) is 58.4 Å². The number of hydrogen-bond acceptors (Lipinski definition) is 5. The van der Waals surface area contributed by atoms with Crippen LogP contribution in [0.15, 0.2) is 21.6 Å². The van der Waals surface area contributed by atoms with Crippen molar-refractivity contribution in [2.24, 2.45) is 0 Å². The van der Waals surface area contributed by atoms with Crippen molar-refractivity contribution in [1.29, 1.82) is 0 Å². The first-order valence-electron chi connectivity index (χ1n) is 10.3. The standard InChI is InChI=1S/C22H29N3O2S/c1-14(17-7-5-4-6-8-17)23-22(26)20-13-28-21-12-25(10-9-18(20)21)11-19-15(2)24-27-16(19)3/h7,13-14H,4-6,8-12H2,1-3H3,(H,23,26)/t14-/m0/s1. The zero-order chi connectivity index (χ0) is 19.7. The maximum Gasteiger partial charge on any atom is 0.252 e. The number of thiophene rings is 1. The van der Waals surface area contributed by atoms with Crippen LogP contribution < -0.4 is 5.32 Å². The quantitative estimate of drug-likeness (QED) is 0.751. The molecular formula is C22H29N3O2S. The Hall–Kier alpha value is -1.92. The van der Waals surface area contributed by atoms with Crippen molar-refractivity contribution in [3.05, 3.63) is 50.1 Å². The molecule has 2 aromatic heterocycles. The van der Waals surface area contributed by atoms with Crippen LogP contribution in [0.2, 0.25) is 0 Å². The van der Waals surface area contributed by atoms with Gasteiger partial charge in [0.1, 0.15) is 5.76 Å². The molecule has 3 heterocycles. The van der Waals surface area contributed by atoms with Gasteiger partial charge in [0.25, 0.3) is 5.91 Å². The zero-order valence-corrected chi connectivity index (χ0v) is 17.8. The van der Waals surface area contributed by atoms with E-state index in [1.54, 1.807) is 11.3 Å². The Labute approximate surface area is 170 Å². The van der Waals surface area contributed by atoms with Crippen molar-refractivity contribution in [1.82, 2.24) is 15.4 Å².